The Bertz CT molecular complexity index is 781. The number of carbonyl (C=O) groups excluding carboxylic acids is 2. The first-order valence-electron chi connectivity index (χ1n) is 7.75. The predicted molar refractivity (Wildman–Crippen MR) is 99.5 cm³/mol. The lowest BCUT2D eigenvalue weighted by molar-refractivity contribution is -0.133. The molecule has 1 atom stereocenters. The van der Waals surface area contributed by atoms with E-state index in [0.29, 0.717) is 16.5 Å². The predicted octanol–water partition coefficient (Wildman–Crippen LogP) is 3.30. The van der Waals surface area contributed by atoms with Crippen LogP contribution in [0.2, 0.25) is 10.0 Å². The fourth-order valence-corrected chi connectivity index (χ4v) is 2.32. The molecule has 138 valence electrons. The normalized spacial score (nSPS) is 11.4. The fourth-order valence-electron chi connectivity index (χ4n) is 1.87. The van der Waals surface area contributed by atoms with Gasteiger partial charge in [0.2, 0.25) is 0 Å². The molecule has 0 heterocycles. The van der Waals surface area contributed by atoms with Gasteiger partial charge in [0, 0.05) is 5.02 Å². The van der Waals surface area contributed by atoms with Crippen LogP contribution in [-0.2, 0) is 9.59 Å². The number of ether oxygens (including phenoxy) is 2. The van der Waals surface area contributed by atoms with Gasteiger partial charge in [-0.15, -0.1) is 0 Å². The molecule has 0 unspecified atom stereocenters. The van der Waals surface area contributed by atoms with E-state index in [1.165, 1.54) is 13.0 Å². The van der Waals surface area contributed by atoms with Crippen molar-refractivity contribution in [1.29, 1.82) is 0 Å². The molecule has 26 heavy (non-hydrogen) atoms. The van der Waals surface area contributed by atoms with Gasteiger partial charge in [-0.1, -0.05) is 40.9 Å². The second kappa shape index (κ2) is 9.31. The van der Waals surface area contributed by atoms with Crippen LogP contribution in [0.15, 0.2) is 42.5 Å². The number of amides is 2. The molecule has 0 bridgehead atoms. The van der Waals surface area contributed by atoms with E-state index in [1.807, 2.05) is 19.1 Å². The van der Waals surface area contributed by atoms with Crippen LogP contribution in [0.5, 0.6) is 11.5 Å². The van der Waals surface area contributed by atoms with E-state index in [1.54, 1.807) is 24.3 Å². The van der Waals surface area contributed by atoms with Gasteiger partial charge in [-0.05, 0) is 44.2 Å². The summed E-state index contributed by atoms with van der Waals surface area (Å²) in [6.07, 6.45) is -0.882. The molecule has 2 rings (SSSR count). The van der Waals surface area contributed by atoms with Gasteiger partial charge in [0.05, 0.1) is 5.02 Å². The summed E-state index contributed by atoms with van der Waals surface area (Å²) in [5.74, 6) is -0.172. The topological polar surface area (TPSA) is 76.7 Å². The molecule has 6 nitrogen and oxygen atoms in total. The quantitative estimate of drug-likeness (QED) is 0.734. The Hall–Kier alpha value is -2.44. The summed E-state index contributed by atoms with van der Waals surface area (Å²) in [5, 5.41) is 0.743. The number of carbonyl (C=O) groups is 2. The summed E-state index contributed by atoms with van der Waals surface area (Å²) in [4.78, 5) is 23.7. The minimum Gasteiger partial charge on any atom is -0.484 e. The molecule has 2 amide bonds. The van der Waals surface area contributed by atoms with Crippen molar-refractivity contribution in [3.8, 4) is 11.5 Å². The summed E-state index contributed by atoms with van der Waals surface area (Å²) >= 11 is 11.8. The minimum atomic E-state index is -0.882. The standard InChI is InChI=1S/C18H18Cl2N2O4/c1-11-3-6-14(7-4-11)25-10-17(23)21-22-18(24)12(2)26-16-8-5-13(19)9-15(16)20/h3-9,12H,10H2,1-2H3,(H,21,23)(H,22,24)/t12-/m0/s1. The van der Waals surface area contributed by atoms with Crippen LogP contribution in [0.4, 0.5) is 0 Å². The summed E-state index contributed by atoms with van der Waals surface area (Å²) < 4.78 is 10.8. The van der Waals surface area contributed by atoms with Gasteiger partial charge in [0.1, 0.15) is 11.5 Å². The molecular weight excluding hydrogens is 379 g/mol. The molecule has 0 saturated carbocycles. The fraction of sp³-hybridized carbons (Fsp3) is 0.222. The number of benzene rings is 2. The van der Waals surface area contributed by atoms with Crippen molar-refractivity contribution >= 4 is 35.0 Å². The van der Waals surface area contributed by atoms with Crippen LogP contribution in [-0.4, -0.2) is 24.5 Å². The van der Waals surface area contributed by atoms with Gasteiger partial charge in [-0.25, -0.2) is 0 Å². The van der Waals surface area contributed by atoms with E-state index in [-0.39, 0.29) is 11.6 Å². The Morgan fingerprint density at radius 2 is 1.77 bits per heavy atom. The molecule has 0 saturated heterocycles. The Labute approximate surface area is 161 Å². The van der Waals surface area contributed by atoms with E-state index in [9.17, 15) is 9.59 Å². The Morgan fingerprint density at radius 3 is 2.42 bits per heavy atom. The second-order valence-corrected chi connectivity index (χ2v) is 6.32. The van der Waals surface area contributed by atoms with Crippen LogP contribution in [0, 0.1) is 6.92 Å². The molecule has 0 aliphatic heterocycles. The molecule has 0 radical (unpaired) electrons. The third-order valence-electron chi connectivity index (χ3n) is 3.28. The SMILES string of the molecule is Cc1ccc(OCC(=O)NNC(=O)[C@H](C)Oc2ccc(Cl)cc2Cl)cc1. The highest BCUT2D eigenvalue weighted by molar-refractivity contribution is 6.35. The van der Waals surface area contributed by atoms with Crippen LogP contribution in [0.3, 0.4) is 0 Å². The highest BCUT2D eigenvalue weighted by Gasteiger charge is 2.17. The zero-order valence-corrected chi connectivity index (χ0v) is 15.7. The van der Waals surface area contributed by atoms with Crippen LogP contribution in [0.1, 0.15) is 12.5 Å². The summed E-state index contributed by atoms with van der Waals surface area (Å²) in [7, 11) is 0. The average Bonchev–Trinajstić information content (AvgIpc) is 2.61. The third-order valence-corrected chi connectivity index (χ3v) is 3.81. The van der Waals surface area contributed by atoms with Gasteiger partial charge in [0.25, 0.3) is 11.8 Å². The summed E-state index contributed by atoms with van der Waals surface area (Å²) in [6, 6.07) is 11.9. The van der Waals surface area contributed by atoms with E-state index >= 15 is 0 Å². The summed E-state index contributed by atoms with van der Waals surface area (Å²) in [6.45, 7) is 3.24. The van der Waals surface area contributed by atoms with Crippen molar-refractivity contribution in [2.45, 2.75) is 20.0 Å². The number of halogens is 2. The zero-order valence-electron chi connectivity index (χ0n) is 14.2. The van der Waals surface area contributed by atoms with Crippen LogP contribution >= 0.6 is 23.2 Å². The number of hydrazine groups is 1. The van der Waals surface area contributed by atoms with Crippen molar-refractivity contribution in [3.63, 3.8) is 0 Å². The molecular formula is C18H18Cl2N2O4. The van der Waals surface area contributed by atoms with Crippen molar-refractivity contribution in [3.05, 3.63) is 58.1 Å². The smallest absolute Gasteiger partial charge is 0.279 e. The van der Waals surface area contributed by atoms with Crippen LogP contribution in [0.25, 0.3) is 0 Å². The van der Waals surface area contributed by atoms with E-state index in [2.05, 4.69) is 10.9 Å². The number of hydrogen-bond donors (Lipinski definition) is 2. The van der Waals surface area contributed by atoms with Gasteiger partial charge < -0.3 is 9.47 Å². The van der Waals surface area contributed by atoms with E-state index < -0.39 is 17.9 Å². The maximum atomic E-state index is 12.0. The monoisotopic (exact) mass is 396 g/mol. The molecule has 8 heteroatoms. The molecule has 0 aliphatic rings. The van der Waals surface area contributed by atoms with Gasteiger partial charge in [-0.2, -0.15) is 0 Å². The van der Waals surface area contributed by atoms with Gasteiger partial charge in [-0.3, -0.25) is 20.4 Å². The molecule has 0 fully saturated rings. The minimum absolute atomic E-state index is 0.235. The average molecular weight is 397 g/mol. The van der Waals surface area contributed by atoms with Crippen molar-refractivity contribution < 1.29 is 19.1 Å². The lowest BCUT2D eigenvalue weighted by Crippen LogP contribution is -2.48. The maximum absolute atomic E-state index is 12.0. The van der Waals surface area contributed by atoms with Gasteiger partial charge >= 0.3 is 0 Å². The number of hydrogen-bond acceptors (Lipinski definition) is 4. The van der Waals surface area contributed by atoms with Crippen molar-refractivity contribution in [1.82, 2.24) is 10.9 Å². The van der Waals surface area contributed by atoms with E-state index in [4.69, 9.17) is 32.7 Å². The Kier molecular flexibility index (Phi) is 7.12. The molecule has 0 spiro atoms. The van der Waals surface area contributed by atoms with Gasteiger partial charge in [0.15, 0.2) is 12.7 Å². The highest BCUT2D eigenvalue weighted by Crippen LogP contribution is 2.28. The largest absolute Gasteiger partial charge is 0.484 e. The zero-order chi connectivity index (χ0) is 19.1. The summed E-state index contributed by atoms with van der Waals surface area (Å²) in [5.41, 5.74) is 5.61. The maximum Gasteiger partial charge on any atom is 0.279 e. The third kappa shape index (κ3) is 6.13. The molecule has 0 aliphatic carbocycles. The van der Waals surface area contributed by atoms with Crippen LogP contribution < -0.4 is 20.3 Å². The lowest BCUT2D eigenvalue weighted by atomic mass is 10.2. The Morgan fingerprint density at radius 1 is 1.08 bits per heavy atom. The molecule has 0 aromatic heterocycles. The number of aryl methyl sites for hydroxylation is 1. The lowest BCUT2D eigenvalue weighted by Gasteiger charge is -2.16. The highest BCUT2D eigenvalue weighted by atomic mass is 35.5. The molecule has 2 aromatic carbocycles. The van der Waals surface area contributed by atoms with E-state index in [0.717, 1.165) is 5.56 Å². The molecule has 2 aromatic rings. The van der Waals surface area contributed by atoms with Crippen molar-refractivity contribution in [2.24, 2.45) is 0 Å². The number of nitrogens with one attached hydrogen (secondary N) is 2. The first kappa shape index (κ1) is 19.9. The Balaban J connectivity index is 1.76. The second-order valence-electron chi connectivity index (χ2n) is 5.47. The molecule has 2 N–H and O–H groups in total. The number of rotatable bonds is 6. The first-order valence-corrected chi connectivity index (χ1v) is 8.50. The van der Waals surface area contributed by atoms with Crippen molar-refractivity contribution in [2.75, 3.05) is 6.61 Å². The first-order chi connectivity index (χ1) is 12.3.